The lowest BCUT2D eigenvalue weighted by atomic mass is 9.80. The van der Waals surface area contributed by atoms with Gasteiger partial charge in [0.1, 0.15) is 0 Å². The highest BCUT2D eigenvalue weighted by molar-refractivity contribution is 4.94. The lowest BCUT2D eigenvalue weighted by Crippen LogP contribution is -2.56. The van der Waals surface area contributed by atoms with E-state index in [1.807, 2.05) is 0 Å². The Balaban J connectivity index is 2.62. The molecule has 1 aliphatic carbocycles. The van der Waals surface area contributed by atoms with Gasteiger partial charge in [0, 0.05) is 25.7 Å². The van der Waals surface area contributed by atoms with Crippen LogP contribution in [0.2, 0.25) is 0 Å². The first kappa shape index (κ1) is 13.9. The van der Waals surface area contributed by atoms with Gasteiger partial charge in [0.15, 0.2) is 0 Å². The molecule has 0 unspecified atom stereocenters. The van der Waals surface area contributed by atoms with Crippen molar-refractivity contribution < 1.29 is 4.74 Å². The molecule has 0 aromatic heterocycles. The SMILES string of the molecule is CCCN(CCOC)C1(CN)CCCCC1. The molecule has 0 saturated heterocycles. The summed E-state index contributed by atoms with van der Waals surface area (Å²) >= 11 is 0. The molecule has 0 heterocycles. The van der Waals surface area contributed by atoms with Crippen molar-refractivity contribution in [1.29, 1.82) is 0 Å². The zero-order chi connectivity index (χ0) is 11.9. The lowest BCUT2D eigenvalue weighted by Gasteiger charge is -2.46. The molecule has 0 aromatic carbocycles. The first-order chi connectivity index (χ1) is 7.79. The third-order valence-corrected chi connectivity index (χ3v) is 3.89. The molecule has 0 aromatic rings. The fourth-order valence-corrected chi connectivity index (χ4v) is 2.92. The summed E-state index contributed by atoms with van der Waals surface area (Å²) in [5, 5.41) is 0. The number of nitrogens with zero attached hydrogens (tertiary/aromatic N) is 1. The molecular formula is C13H28N2O. The Hall–Kier alpha value is -0.120. The van der Waals surface area contributed by atoms with Crippen LogP contribution in [-0.2, 0) is 4.74 Å². The number of methoxy groups -OCH3 is 1. The Kier molecular flexibility index (Phi) is 6.32. The van der Waals surface area contributed by atoms with Gasteiger partial charge in [-0.15, -0.1) is 0 Å². The van der Waals surface area contributed by atoms with E-state index in [0.29, 0.717) is 0 Å². The molecule has 0 spiro atoms. The molecule has 96 valence electrons. The fourth-order valence-electron chi connectivity index (χ4n) is 2.92. The van der Waals surface area contributed by atoms with Crippen molar-refractivity contribution in [3.05, 3.63) is 0 Å². The van der Waals surface area contributed by atoms with Crippen LogP contribution >= 0.6 is 0 Å². The maximum absolute atomic E-state index is 6.06. The number of ether oxygens (including phenoxy) is 1. The van der Waals surface area contributed by atoms with Gasteiger partial charge in [-0.3, -0.25) is 4.90 Å². The summed E-state index contributed by atoms with van der Waals surface area (Å²) in [6.07, 6.45) is 7.80. The molecule has 3 heteroatoms. The minimum Gasteiger partial charge on any atom is -0.383 e. The highest BCUT2D eigenvalue weighted by Gasteiger charge is 2.35. The minimum absolute atomic E-state index is 0.271. The van der Waals surface area contributed by atoms with E-state index in [4.69, 9.17) is 10.5 Å². The first-order valence-corrected chi connectivity index (χ1v) is 6.73. The van der Waals surface area contributed by atoms with Crippen LogP contribution in [0.25, 0.3) is 0 Å². The molecule has 1 rings (SSSR count). The van der Waals surface area contributed by atoms with E-state index in [9.17, 15) is 0 Å². The summed E-state index contributed by atoms with van der Waals surface area (Å²) in [5.41, 5.74) is 6.33. The van der Waals surface area contributed by atoms with E-state index >= 15 is 0 Å². The van der Waals surface area contributed by atoms with Gasteiger partial charge in [0.05, 0.1) is 6.61 Å². The van der Waals surface area contributed by atoms with E-state index < -0.39 is 0 Å². The smallest absolute Gasteiger partial charge is 0.0589 e. The molecule has 0 bridgehead atoms. The normalized spacial score (nSPS) is 20.2. The van der Waals surface area contributed by atoms with Crippen molar-refractivity contribution in [3.8, 4) is 0 Å². The van der Waals surface area contributed by atoms with Crippen molar-refractivity contribution in [2.24, 2.45) is 5.73 Å². The highest BCUT2D eigenvalue weighted by atomic mass is 16.5. The van der Waals surface area contributed by atoms with E-state index in [1.165, 1.54) is 38.5 Å². The van der Waals surface area contributed by atoms with E-state index in [2.05, 4.69) is 11.8 Å². The zero-order valence-corrected chi connectivity index (χ0v) is 11.0. The van der Waals surface area contributed by atoms with Gasteiger partial charge >= 0.3 is 0 Å². The van der Waals surface area contributed by atoms with Crippen LogP contribution in [0.4, 0.5) is 0 Å². The number of hydrogen-bond donors (Lipinski definition) is 1. The molecule has 2 N–H and O–H groups in total. The predicted octanol–water partition coefficient (Wildman–Crippen LogP) is 2.01. The number of nitrogens with two attached hydrogens (primary N) is 1. The van der Waals surface area contributed by atoms with Crippen LogP contribution < -0.4 is 5.73 Å². The Bertz CT molecular complexity index is 179. The second-order valence-corrected chi connectivity index (χ2v) is 4.97. The Morgan fingerprint density at radius 1 is 1.19 bits per heavy atom. The van der Waals surface area contributed by atoms with Crippen LogP contribution in [0.15, 0.2) is 0 Å². The molecule has 1 saturated carbocycles. The van der Waals surface area contributed by atoms with Gasteiger partial charge in [0.25, 0.3) is 0 Å². The average Bonchev–Trinajstić information content (AvgIpc) is 2.35. The van der Waals surface area contributed by atoms with Crippen LogP contribution in [0, 0.1) is 0 Å². The van der Waals surface area contributed by atoms with Crippen molar-refractivity contribution in [2.75, 3.05) is 33.4 Å². The van der Waals surface area contributed by atoms with E-state index in [0.717, 1.165) is 26.2 Å². The molecule has 0 aliphatic heterocycles. The monoisotopic (exact) mass is 228 g/mol. The van der Waals surface area contributed by atoms with Gasteiger partial charge in [-0.05, 0) is 25.8 Å². The average molecular weight is 228 g/mol. The molecular weight excluding hydrogens is 200 g/mol. The second-order valence-electron chi connectivity index (χ2n) is 4.97. The Morgan fingerprint density at radius 3 is 2.38 bits per heavy atom. The van der Waals surface area contributed by atoms with E-state index in [-0.39, 0.29) is 5.54 Å². The van der Waals surface area contributed by atoms with Crippen molar-refractivity contribution in [3.63, 3.8) is 0 Å². The van der Waals surface area contributed by atoms with Gasteiger partial charge in [-0.1, -0.05) is 26.2 Å². The number of hydrogen-bond acceptors (Lipinski definition) is 3. The largest absolute Gasteiger partial charge is 0.383 e. The summed E-state index contributed by atoms with van der Waals surface area (Å²) in [5.74, 6) is 0. The second kappa shape index (κ2) is 7.25. The fraction of sp³-hybridized carbons (Fsp3) is 1.00. The maximum Gasteiger partial charge on any atom is 0.0589 e. The first-order valence-electron chi connectivity index (χ1n) is 6.73. The predicted molar refractivity (Wildman–Crippen MR) is 68.6 cm³/mol. The minimum atomic E-state index is 0.271. The van der Waals surface area contributed by atoms with Gasteiger partial charge in [-0.25, -0.2) is 0 Å². The lowest BCUT2D eigenvalue weighted by molar-refractivity contribution is 0.0334. The van der Waals surface area contributed by atoms with Gasteiger partial charge < -0.3 is 10.5 Å². The highest BCUT2D eigenvalue weighted by Crippen LogP contribution is 2.32. The molecule has 16 heavy (non-hydrogen) atoms. The van der Waals surface area contributed by atoms with E-state index in [1.54, 1.807) is 7.11 Å². The molecule has 1 fully saturated rings. The van der Waals surface area contributed by atoms with Crippen LogP contribution in [0.5, 0.6) is 0 Å². The molecule has 0 atom stereocenters. The standard InChI is InChI=1S/C13H28N2O/c1-3-9-15(10-11-16-2)13(12-14)7-5-4-6-8-13/h3-12,14H2,1-2H3. The van der Waals surface area contributed by atoms with Crippen molar-refractivity contribution >= 4 is 0 Å². The van der Waals surface area contributed by atoms with Crippen LogP contribution in [0.1, 0.15) is 45.4 Å². The molecule has 0 amide bonds. The summed E-state index contributed by atoms with van der Waals surface area (Å²) in [4.78, 5) is 2.58. The third kappa shape index (κ3) is 3.44. The molecule has 3 nitrogen and oxygen atoms in total. The van der Waals surface area contributed by atoms with Gasteiger partial charge in [-0.2, -0.15) is 0 Å². The maximum atomic E-state index is 6.06. The van der Waals surface area contributed by atoms with Crippen molar-refractivity contribution in [1.82, 2.24) is 4.90 Å². The van der Waals surface area contributed by atoms with Crippen molar-refractivity contribution in [2.45, 2.75) is 51.0 Å². The van der Waals surface area contributed by atoms with Crippen LogP contribution in [0.3, 0.4) is 0 Å². The zero-order valence-electron chi connectivity index (χ0n) is 11.0. The summed E-state index contributed by atoms with van der Waals surface area (Å²) < 4.78 is 5.22. The third-order valence-electron chi connectivity index (χ3n) is 3.89. The summed E-state index contributed by atoms with van der Waals surface area (Å²) in [6.45, 7) is 6.05. The summed E-state index contributed by atoms with van der Waals surface area (Å²) in [7, 11) is 1.78. The quantitative estimate of drug-likeness (QED) is 0.724. The summed E-state index contributed by atoms with van der Waals surface area (Å²) in [6, 6.07) is 0. The molecule has 1 aliphatic rings. The van der Waals surface area contributed by atoms with Crippen LogP contribution in [-0.4, -0.2) is 43.8 Å². The Morgan fingerprint density at radius 2 is 1.88 bits per heavy atom. The Labute approximate surface area is 100 Å². The topological polar surface area (TPSA) is 38.5 Å². The number of rotatable bonds is 7. The molecule has 0 radical (unpaired) electrons. The van der Waals surface area contributed by atoms with Gasteiger partial charge in [0.2, 0.25) is 0 Å².